The van der Waals surface area contributed by atoms with Gasteiger partial charge in [-0.15, -0.1) is 0 Å². The first kappa shape index (κ1) is 13.4. The summed E-state index contributed by atoms with van der Waals surface area (Å²) in [6.45, 7) is 0. The molecule has 0 spiro atoms. The predicted octanol–water partition coefficient (Wildman–Crippen LogP) is 4.68. The molecule has 0 aromatic carbocycles. The van der Waals surface area contributed by atoms with Gasteiger partial charge >= 0.3 is 0 Å². The maximum Gasteiger partial charge on any atom is 0.0281 e. The second-order valence-corrected chi connectivity index (χ2v) is 8.49. The zero-order valence-corrected chi connectivity index (χ0v) is 13.2. The van der Waals surface area contributed by atoms with Crippen molar-refractivity contribution in [3.8, 4) is 0 Å². The van der Waals surface area contributed by atoms with E-state index in [2.05, 4.69) is 18.4 Å². The number of likely N-dealkylation sites (N-methyl/N-ethyl adjacent to an activating group) is 1. The summed E-state index contributed by atoms with van der Waals surface area (Å²) >= 11 is 0. The van der Waals surface area contributed by atoms with Gasteiger partial charge in [-0.05, 0) is 101 Å². The van der Waals surface area contributed by atoms with Gasteiger partial charge in [0, 0.05) is 6.04 Å². The zero-order chi connectivity index (χ0) is 13.6. The fourth-order valence-corrected chi connectivity index (χ4v) is 6.57. The summed E-state index contributed by atoms with van der Waals surface area (Å²) in [7, 11) is 2.20. The van der Waals surface area contributed by atoms with Gasteiger partial charge in [0.2, 0.25) is 0 Å². The van der Waals surface area contributed by atoms with Gasteiger partial charge in [0.1, 0.15) is 0 Å². The fraction of sp³-hybridized carbons (Fsp3) is 0.895. The highest BCUT2D eigenvalue weighted by molar-refractivity contribution is 5.15. The molecular weight excluding hydrogens is 242 g/mol. The van der Waals surface area contributed by atoms with Crippen molar-refractivity contribution in [3.05, 3.63) is 11.6 Å². The van der Waals surface area contributed by atoms with Crippen molar-refractivity contribution in [2.45, 2.75) is 76.7 Å². The number of hydrogen-bond acceptors (Lipinski definition) is 1. The molecule has 4 fully saturated rings. The van der Waals surface area contributed by atoms with Crippen molar-refractivity contribution >= 4 is 0 Å². The Morgan fingerprint density at radius 3 is 2.25 bits per heavy atom. The second kappa shape index (κ2) is 5.16. The molecule has 0 aliphatic heterocycles. The summed E-state index contributed by atoms with van der Waals surface area (Å²) in [5.74, 6) is 3.29. The molecule has 0 heterocycles. The molecule has 0 radical (unpaired) electrons. The Balaban J connectivity index is 1.50. The van der Waals surface area contributed by atoms with Crippen molar-refractivity contribution in [1.82, 2.24) is 5.32 Å². The summed E-state index contributed by atoms with van der Waals surface area (Å²) < 4.78 is 0. The predicted molar refractivity (Wildman–Crippen MR) is 84.6 cm³/mol. The van der Waals surface area contributed by atoms with Crippen LogP contribution in [0.1, 0.15) is 70.6 Å². The fourth-order valence-electron chi connectivity index (χ4n) is 6.57. The van der Waals surface area contributed by atoms with Crippen molar-refractivity contribution in [1.29, 1.82) is 0 Å². The number of nitrogens with one attached hydrogen (secondary N) is 1. The Hall–Kier alpha value is -0.300. The van der Waals surface area contributed by atoms with E-state index in [4.69, 9.17) is 0 Å². The first-order valence-corrected chi connectivity index (χ1v) is 9.12. The lowest BCUT2D eigenvalue weighted by atomic mass is 9.48. The molecule has 5 aliphatic carbocycles. The minimum absolute atomic E-state index is 0.687. The largest absolute Gasteiger partial charge is 0.313 e. The number of hydrogen-bond donors (Lipinski definition) is 1. The monoisotopic (exact) mass is 273 g/mol. The average molecular weight is 273 g/mol. The van der Waals surface area contributed by atoms with Crippen molar-refractivity contribution < 1.29 is 0 Å². The third-order valence-electron chi connectivity index (χ3n) is 6.92. The molecule has 5 rings (SSSR count). The maximum absolute atomic E-state index is 3.68. The molecule has 5 aliphatic rings. The highest BCUT2D eigenvalue weighted by Gasteiger charge is 2.51. The molecule has 0 amide bonds. The standard InChI is InChI=1S/C19H31N/c1-20-18(17-5-3-2-4-6-17)13-19-10-14-7-15(11-19)9-16(8-14)12-19/h5,14-16,18,20H,2-4,6-13H2,1H3. The Kier molecular flexibility index (Phi) is 3.45. The van der Waals surface area contributed by atoms with E-state index in [0.29, 0.717) is 6.04 Å². The van der Waals surface area contributed by atoms with Crippen LogP contribution in [-0.2, 0) is 0 Å². The van der Waals surface area contributed by atoms with Crippen molar-refractivity contribution in [2.24, 2.45) is 23.2 Å². The Bertz CT molecular complexity index is 359. The molecule has 0 aromatic rings. The number of allylic oxidation sites excluding steroid dienone is 1. The van der Waals surface area contributed by atoms with Crippen LogP contribution in [0.5, 0.6) is 0 Å². The number of rotatable bonds is 4. The van der Waals surface area contributed by atoms with Crippen LogP contribution in [-0.4, -0.2) is 13.1 Å². The first-order valence-electron chi connectivity index (χ1n) is 9.12. The smallest absolute Gasteiger partial charge is 0.0281 e. The van der Waals surface area contributed by atoms with Crippen LogP contribution in [0.4, 0.5) is 0 Å². The van der Waals surface area contributed by atoms with Crippen LogP contribution < -0.4 is 5.32 Å². The Morgan fingerprint density at radius 1 is 1.10 bits per heavy atom. The van der Waals surface area contributed by atoms with E-state index in [1.54, 1.807) is 44.1 Å². The lowest BCUT2D eigenvalue weighted by molar-refractivity contribution is -0.0602. The topological polar surface area (TPSA) is 12.0 Å². The van der Waals surface area contributed by atoms with Crippen LogP contribution in [0.3, 0.4) is 0 Å². The Labute approximate surface area is 124 Å². The van der Waals surface area contributed by atoms with E-state index in [9.17, 15) is 0 Å². The normalized spacial score (nSPS) is 44.5. The van der Waals surface area contributed by atoms with Gasteiger partial charge in [0.25, 0.3) is 0 Å². The van der Waals surface area contributed by atoms with Crippen molar-refractivity contribution in [2.75, 3.05) is 7.05 Å². The van der Waals surface area contributed by atoms with E-state index in [0.717, 1.165) is 23.2 Å². The van der Waals surface area contributed by atoms with Crippen molar-refractivity contribution in [3.63, 3.8) is 0 Å². The van der Waals surface area contributed by atoms with Gasteiger partial charge in [0.05, 0.1) is 0 Å². The summed E-state index contributed by atoms with van der Waals surface area (Å²) in [5.41, 5.74) is 2.47. The average Bonchev–Trinajstić information content (AvgIpc) is 2.44. The van der Waals surface area contributed by atoms with E-state index in [1.807, 2.05) is 0 Å². The molecule has 1 unspecified atom stereocenters. The van der Waals surface area contributed by atoms with Crippen LogP contribution in [0.15, 0.2) is 11.6 Å². The molecule has 1 N–H and O–H groups in total. The van der Waals surface area contributed by atoms with Crippen LogP contribution in [0, 0.1) is 23.2 Å². The first-order chi connectivity index (χ1) is 9.76. The molecular formula is C19H31N. The maximum atomic E-state index is 3.68. The highest BCUT2D eigenvalue weighted by atomic mass is 14.9. The van der Waals surface area contributed by atoms with Crippen LogP contribution >= 0.6 is 0 Å². The summed E-state index contributed by atoms with van der Waals surface area (Å²) in [4.78, 5) is 0. The Morgan fingerprint density at radius 2 is 1.75 bits per heavy atom. The van der Waals surface area contributed by atoms with Gasteiger partial charge in [-0.2, -0.15) is 0 Å². The second-order valence-electron chi connectivity index (χ2n) is 8.49. The van der Waals surface area contributed by atoms with Gasteiger partial charge in [-0.1, -0.05) is 11.6 Å². The SMILES string of the molecule is CNC(CC12CC3CC(CC(C3)C1)C2)C1=CCCCC1. The van der Waals surface area contributed by atoms with Gasteiger partial charge in [-0.3, -0.25) is 0 Å². The van der Waals surface area contributed by atoms with E-state index >= 15 is 0 Å². The van der Waals surface area contributed by atoms with Crippen LogP contribution in [0.2, 0.25) is 0 Å². The molecule has 4 bridgehead atoms. The summed E-state index contributed by atoms with van der Waals surface area (Å²) in [6.07, 6.45) is 18.9. The van der Waals surface area contributed by atoms with Gasteiger partial charge in [-0.25, -0.2) is 0 Å². The summed E-state index contributed by atoms with van der Waals surface area (Å²) in [5, 5.41) is 3.68. The third kappa shape index (κ3) is 2.36. The molecule has 20 heavy (non-hydrogen) atoms. The molecule has 1 heteroatoms. The van der Waals surface area contributed by atoms with E-state index in [1.165, 1.54) is 32.1 Å². The summed E-state index contributed by atoms with van der Waals surface area (Å²) in [6, 6.07) is 0.687. The van der Waals surface area contributed by atoms with Gasteiger partial charge < -0.3 is 5.32 Å². The minimum atomic E-state index is 0.687. The quantitative estimate of drug-likeness (QED) is 0.733. The zero-order valence-electron chi connectivity index (χ0n) is 13.2. The van der Waals surface area contributed by atoms with E-state index in [-0.39, 0.29) is 0 Å². The molecule has 0 saturated heterocycles. The molecule has 1 atom stereocenters. The van der Waals surface area contributed by atoms with Crippen LogP contribution in [0.25, 0.3) is 0 Å². The third-order valence-corrected chi connectivity index (χ3v) is 6.92. The molecule has 112 valence electrons. The lowest BCUT2D eigenvalue weighted by Gasteiger charge is -2.58. The molecule has 0 aromatic heterocycles. The molecule has 1 nitrogen and oxygen atoms in total. The molecule has 4 saturated carbocycles. The lowest BCUT2D eigenvalue weighted by Crippen LogP contribution is -2.49. The van der Waals surface area contributed by atoms with E-state index < -0.39 is 0 Å². The minimum Gasteiger partial charge on any atom is -0.313 e. The highest BCUT2D eigenvalue weighted by Crippen LogP contribution is 2.61. The van der Waals surface area contributed by atoms with Gasteiger partial charge in [0.15, 0.2) is 0 Å².